The van der Waals surface area contributed by atoms with Crippen molar-refractivity contribution in [3.8, 4) is 11.8 Å². The number of carboxylic acid groups (broad SMARTS) is 1. The molecule has 14 heavy (non-hydrogen) atoms. The molecule has 1 aromatic rings. The lowest BCUT2D eigenvalue weighted by atomic mass is 10.0. The van der Waals surface area contributed by atoms with E-state index in [1.807, 2.05) is 0 Å². The maximum atomic E-state index is 10.9. The molecule has 0 saturated carbocycles. The number of rotatable bonds is 1. The van der Waals surface area contributed by atoms with Gasteiger partial charge in [0.05, 0.1) is 11.3 Å². The molecule has 1 rings (SSSR count). The van der Waals surface area contributed by atoms with Gasteiger partial charge in [0, 0.05) is 5.56 Å². The Morgan fingerprint density at radius 3 is 2.86 bits per heavy atom. The van der Waals surface area contributed by atoms with Crippen molar-refractivity contribution >= 4 is 18.6 Å². The number of aryl methyl sites for hydroxylation is 1. The van der Waals surface area contributed by atoms with Crippen LogP contribution in [0.4, 0.5) is 0 Å². The van der Waals surface area contributed by atoms with Crippen LogP contribution in [0.1, 0.15) is 21.5 Å². The van der Waals surface area contributed by atoms with Gasteiger partial charge in [-0.3, -0.25) is 0 Å². The Kier molecular flexibility index (Phi) is 3.61. The predicted molar refractivity (Wildman–Crippen MR) is 58.9 cm³/mol. The van der Waals surface area contributed by atoms with Crippen LogP contribution in [0.5, 0.6) is 0 Å². The third kappa shape index (κ3) is 2.30. The molecule has 0 spiro atoms. The smallest absolute Gasteiger partial charge is 0.337 e. The van der Waals surface area contributed by atoms with E-state index < -0.39 is 5.97 Å². The van der Waals surface area contributed by atoms with Crippen LogP contribution in [-0.2, 0) is 0 Å². The Morgan fingerprint density at radius 2 is 2.29 bits per heavy atom. The van der Waals surface area contributed by atoms with Gasteiger partial charge in [0.1, 0.15) is 0 Å². The van der Waals surface area contributed by atoms with E-state index in [1.54, 1.807) is 25.1 Å². The Morgan fingerprint density at radius 1 is 1.57 bits per heavy atom. The summed E-state index contributed by atoms with van der Waals surface area (Å²) in [6.07, 6.45) is 0. The maximum absolute atomic E-state index is 10.9. The molecular formula is C11H10O2S. The lowest BCUT2D eigenvalue weighted by Crippen LogP contribution is -2.02. The summed E-state index contributed by atoms with van der Waals surface area (Å²) in [5, 5.41) is 8.96. The first-order chi connectivity index (χ1) is 6.66. The molecule has 0 aliphatic heterocycles. The van der Waals surface area contributed by atoms with Gasteiger partial charge in [0.15, 0.2) is 0 Å². The van der Waals surface area contributed by atoms with E-state index in [4.69, 9.17) is 5.11 Å². The van der Waals surface area contributed by atoms with Crippen molar-refractivity contribution in [1.29, 1.82) is 0 Å². The second kappa shape index (κ2) is 4.73. The minimum absolute atomic E-state index is 0.279. The number of hydrogen-bond donors (Lipinski definition) is 2. The molecule has 0 aromatic heterocycles. The first-order valence-electron chi connectivity index (χ1n) is 4.09. The molecule has 0 radical (unpaired) electrons. The van der Waals surface area contributed by atoms with Crippen molar-refractivity contribution in [1.82, 2.24) is 0 Å². The molecule has 0 aliphatic carbocycles. The molecule has 0 atom stereocenters. The number of aromatic carboxylic acids is 1. The summed E-state index contributed by atoms with van der Waals surface area (Å²) in [5.41, 5.74) is 1.55. The zero-order valence-electron chi connectivity index (χ0n) is 7.74. The molecule has 0 saturated heterocycles. The standard InChI is InChI=1S/C11H10O2S/c1-8-4-2-5-9(6-3-7-14)10(8)11(12)13/h2,4-5,14H,7H2,1H3,(H,12,13). The van der Waals surface area contributed by atoms with Gasteiger partial charge in [0.25, 0.3) is 0 Å². The molecule has 0 heterocycles. The molecule has 0 aliphatic rings. The summed E-state index contributed by atoms with van der Waals surface area (Å²) in [5.74, 6) is 5.00. The van der Waals surface area contributed by atoms with Gasteiger partial charge in [-0.05, 0) is 18.6 Å². The lowest BCUT2D eigenvalue weighted by molar-refractivity contribution is 0.0696. The minimum Gasteiger partial charge on any atom is -0.478 e. The van der Waals surface area contributed by atoms with Gasteiger partial charge in [-0.2, -0.15) is 12.6 Å². The van der Waals surface area contributed by atoms with Crippen LogP contribution in [0.25, 0.3) is 0 Å². The molecular weight excluding hydrogens is 196 g/mol. The van der Waals surface area contributed by atoms with Crippen LogP contribution in [0.3, 0.4) is 0 Å². The SMILES string of the molecule is Cc1cccc(C#CCS)c1C(=O)O. The fourth-order valence-electron chi connectivity index (χ4n) is 1.19. The summed E-state index contributed by atoms with van der Waals surface area (Å²) in [6.45, 7) is 1.76. The summed E-state index contributed by atoms with van der Waals surface area (Å²) in [6, 6.07) is 5.26. The normalized spacial score (nSPS) is 9.00. The minimum atomic E-state index is -0.938. The Bertz CT molecular complexity index is 413. The van der Waals surface area contributed by atoms with Gasteiger partial charge in [-0.25, -0.2) is 4.79 Å². The van der Waals surface area contributed by atoms with Crippen molar-refractivity contribution in [3.05, 3.63) is 34.9 Å². The molecule has 1 aromatic carbocycles. The van der Waals surface area contributed by atoms with E-state index in [2.05, 4.69) is 24.5 Å². The Labute approximate surface area is 88.4 Å². The molecule has 3 heteroatoms. The Balaban J connectivity index is 3.28. The van der Waals surface area contributed by atoms with Crippen LogP contribution >= 0.6 is 12.6 Å². The number of hydrogen-bond acceptors (Lipinski definition) is 2. The third-order valence-corrected chi connectivity index (χ3v) is 1.95. The molecule has 0 fully saturated rings. The predicted octanol–water partition coefficient (Wildman–Crippen LogP) is 1.97. The van der Waals surface area contributed by atoms with E-state index in [1.165, 1.54) is 0 Å². The Hall–Kier alpha value is -1.40. The lowest BCUT2D eigenvalue weighted by Gasteiger charge is -2.02. The largest absolute Gasteiger partial charge is 0.478 e. The van der Waals surface area contributed by atoms with Gasteiger partial charge in [-0.15, -0.1) is 0 Å². The highest BCUT2D eigenvalue weighted by Crippen LogP contribution is 2.12. The maximum Gasteiger partial charge on any atom is 0.337 e. The first-order valence-corrected chi connectivity index (χ1v) is 4.72. The van der Waals surface area contributed by atoms with Crippen molar-refractivity contribution in [3.63, 3.8) is 0 Å². The van der Waals surface area contributed by atoms with E-state index >= 15 is 0 Å². The second-order valence-electron chi connectivity index (χ2n) is 2.76. The summed E-state index contributed by atoms with van der Waals surface area (Å²) in [4.78, 5) is 10.9. The monoisotopic (exact) mass is 206 g/mol. The van der Waals surface area contributed by atoms with E-state index in [-0.39, 0.29) is 5.56 Å². The quantitative estimate of drug-likeness (QED) is 0.544. The molecule has 1 N–H and O–H groups in total. The summed E-state index contributed by atoms with van der Waals surface area (Å²) < 4.78 is 0. The van der Waals surface area contributed by atoms with E-state index in [0.29, 0.717) is 11.3 Å². The highest BCUT2D eigenvalue weighted by atomic mass is 32.1. The van der Waals surface area contributed by atoms with Gasteiger partial charge < -0.3 is 5.11 Å². The molecule has 0 amide bonds. The van der Waals surface area contributed by atoms with Crippen LogP contribution in [0, 0.1) is 18.8 Å². The fourth-order valence-corrected chi connectivity index (χ4v) is 1.27. The molecule has 0 bridgehead atoms. The zero-order valence-corrected chi connectivity index (χ0v) is 8.64. The summed E-state index contributed by atoms with van der Waals surface area (Å²) >= 11 is 3.94. The van der Waals surface area contributed by atoms with Crippen molar-refractivity contribution in [2.24, 2.45) is 0 Å². The number of carboxylic acids is 1. The van der Waals surface area contributed by atoms with Gasteiger partial charge in [-0.1, -0.05) is 24.0 Å². The van der Waals surface area contributed by atoms with Crippen LogP contribution in [0.2, 0.25) is 0 Å². The van der Waals surface area contributed by atoms with Crippen LogP contribution in [-0.4, -0.2) is 16.8 Å². The third-order valence-electron chi connectivity index (χ3n) is 1.79. The number of thiol groups is 1. The van der Waals surface area contributed by atoms with Gasteiger partial charge in [0.2, 0.25) is 0 Å². The number of carbonyl (C=O) groups is 1. The van der Waals surface area contributed by atoms with E-state index in [9.17, 15) is 4.79 Å². The van der Waals surface area contributed by atoms with Crippen molar-refractivity contribution in [2.75, 3.05) is 5.75 Å². The zero-order chi connectivity index (χ0) is 10.6. The summed E-state index contributed by atoms with van der Waals surface area (Å²) in [7, 11) is 0. The first kappa shape index (κ1) is 10.7. The van der Waals surface area contributed by atoms with Crippen molar-refractivity contribution in [2.45, 2.75) is 6.92 Å². The second-order valence-corrected chi connectivity index (χ2v) is 3.08. The topological polar surface area (TPSA) is 37.3 Å². The van der Waals surface area contributed by atoms with Gasteiger partial charge >= 0.3 is 5.97 Å². The highest BCUT2D eigenvalue weighted by Gasteiger charge is 2.10. The molecule has 2 nitrogen and oxygen atoms in total. The highest BCUT2D eigenvalue weighted by molar-refractivity contribution is 7.80. The average molecular weight is 206 g/mol. The van der Waals surface area contributed by atoms with E-state index in [0.717, 1.165) is 5.56 Å². The fraction of sp³-hybridized carbons (Fsp3) is 0.182. The number of benzene rings is 1. The average Bonchev–Trinajstić information content (AvgIpc) is 2.14. The van der Waals surface area contributed by atoms with Crippen LogP contribution < -0.4 is 0 Å². The molecule has 0 unspecified atom stereocenters. The van der Waals surface area contributed by atoms with Crippen molar-refractivity contribution < 1.29 is 9.90 Å². The molecule has 72 valence electrons. The van der Waals surface area contributed by atoms with Crippen LogP contribution in [0.15, 0.2) is 18.2 Å².